The van der Waals surface area contributed by atoms with Gasteiger partial charge in [0.15, 0.2) is 0 Å². The van der Waals surface area contributed by atoms with Gasteiger partial charge in [-0.3, -0.25) is 9.59 Å². The Hall–Kier alpha value is -2.26. The van der Waals surface area contributed by atoms with Gasteiger partial charge in [-0.05, 0) is 0 Å². The Labute approximate surface area is 188 Å². The second-order valence-corrected chi connectivity index (χ2v) is 8.38. The van der Waals surface area contributed by atoms with Gasteiger partial charge in [-0.15, -0.1) is 0 Å². The van der Waals surface area contributed by atoms with Crippen LogP contribution < -0.4 is 0 Å². The fourth-order valence-corrected chi connectivity index (χ4v) is 3.67. The maximum atomic E-state index is 12.1. The number of cyclic esters (lactones) is 2. The highest BCUT2D eigenvalue weighted by atomic mass is 16.6. The zero-order chi connectivity index (χ0) is 23.1. The third kappa shape index (κ3) is 6.87. The highest BCUT2D eigenvalue weighted by Gasteiger charge is 2.30. The normalized spacial score (nSPS) is 41.2. The third-order valence-corrected chi connectivity index (χ3v) is 5.72. The van der Waals surface area contributed by atoms with Gasteiger partial charge in [0.2, 0.25) is 0 Å². The molecular formula is C24H32O8. The van der Waals surface area contributed by atoms with Crippen LogP contribution in [-0.4, -0.2) is 72.0 Å². The number of hydrogen-bond acceptors (Lipinski definition) is 8. The Morgan fingerprint density at radius 1 is 0.688 bits per heavy atom. The first-order valence-corrected chi connectivity index (χ1v) is 11.0. The monoisotopic (exact) mass is 448 g/mol. The van der Waals surface area contributed by atoms with Gasteiger partial charge in [0.1, 0.15) is 37.6 Å². The van der Waals surface area contributed by atoms with E-state index in [9.17, 15) is 19.8 Å². The van der Waals surface area contributed by atoms with E-state index in [2.05, 4.69) is 0 Å². The van der Waals surface area contributed by atoms with E-state index in [-0.39, 0.29) is 50.1 Å². The molecule has 3 rings (SSSR count). The standard InChI is InChI=1S/C24H32O8/c1-15-5-3-7-23(27)30-14-22-18(26)10-12-20(32-22)16(2)6-4-8-24(28)29-13-21-17(25)9-11-19(15)31-21/h3-6,9-12,15-22,25-26H,7-8,13-14H2,1-2H3/b5-3+,6-4+/t15-,16+,17-,18-,19-,20-,21+,22+/m0/s1. The topological polar surface area (TPSA) is 112 Å². The molecule has 8 atom stereocenters. The predicted molar refractivity (Wildman–Crippen MR) is 115 cm³/mol. The molecule has 0 unspecified atom stereocenters. The molecule has 0 aromatic rings. The van der Waals surface area contributed by atoms with Gasteiger partial charge in [-0.25, -0.2) is 0 Å². The molecule has 8 nitrogen and oxygen atoms in total. The van der Waals surface area contributed by atoms with Gasteiger partial charge < -0.3 is 29.2 Å². The average Bonchev–Trinajstić information content (AvgIpc) is 2.77. The lowest BCUT2D eigenvalue weighted by molar-refractivity contribution is -0.153. The first kappa shape index (κ1) is 24.4. The molecule has 0 spiro atoms. The van der Waals surface area contributed by atoms with Crippen molar-refractivity contribution >= 4 is 11.9 Å². The van der Waals surface area contributed by atoms with Crippen LogP contribution in [0.4, 0.5) is 0 Å². The predicted octanol–water partition coefficient (Wildman–Crippen LogP) is 1.62. The molecule has 176 valence electrons. The fraction of sp³-hybridized carbons (Fsp3) is 0.583. The summed E-state index contributed by atoms with van der Waals surface area (Å²) in [5.74, 6) is -0.987. The molecule has 0 saturated heterocycles. The second kappa shape index (κ2) is 11.6. The lowest BCUT2D eigenvalue weighted by Crippen LogP contribution is -2.41. The van der Waals surface area contributed by atoms with Crippen molar-refractivity contribution < 1.29 is 38.7 Å². The Bertz CT molecular complexity index is 706. The van der Waals surface area contributed by atoms with Gasteiger partial charge in [-0.1, -0.05) is 62.5 Å². The molecule has 0 fully saturated rings. The number of aliphatic hydroxyl groups excluding tert-OH is 2. The number of ether oxygens (including phenoxy) is 4. The van der Waals surface area contributed by atoms with Gasteiger partial charge in [-0.2, -0.15) is 0 Å². The Balaban J connectivity index is 1.71. The van der Waals surface area contributed by atoms with Crippen LogP contribution >= 0.6 is 0 Å². The minimum Gasteiger partial charge on any atom is -0.463 e. The van der Waals surface area contributed by atoms with E-state index < -0.39 is 36.4 Å². The molecule has 4 bridgehead atoms. The second-order valence-electron chi connectivity index (χ2n) is 8.38. The van der Waals surface area contributed by atoms with Gasteiger partial charge in [0.25, 0.3) is 0 Å². The van der Waals surface area contributed by atoms with Crippen molar-refractivity contribution in [2.45, 2.75) is 63.3 Å². The van der Waals surface area contributed by atoms with Crippen LogP contribution in [0.1, 0.15) is 26.7 Å². The molecule has 0 radical (unpaired) electrons. The van der Waals surface area contributed by atoms with Crippen LogP contribution in [0.15, 0.2) is 48.6 Å². The SMILES string of the molecule is C[C@@H]1/C=C/CC(=O)OC[C@H]2O[C@@H](C=C[C@@H]2O)[C@@H](C)/C=C/CC(=O)OC[C@H]2O[C@H]1C=C[C@@H]2O. The molecule has 32 heavy (non-hydrogen) atoms. The first-order valence-electron chi connectivity index (χ1n) is 11.0. The molecule has 0 amide bonds. The zero-order valence-electron chi connectivity index (χ0n) is 18.4. The largest absolute Gasteiger partial charge is 0.463 e. The number of aliphatic hydroxyl groups is 2. The van der Waals surface area contributed by atoms with Gasteiger partial charge in [0.05, 0.1) is 25.0 Å². The molecule has 2 N–H and O–H groups in total. The van der Waals surface area contributed by atoms with Gasteiger partial charge >= 0.3 is 11.9 Å². The zero-order valence-corrected chi connectivity index (χ0v) is 18.4. The van der Waals surface area contributed by atoms with E-state index in [1.807, 2.05) is 26.0 Å². The highest BCUT2D eigenvalue weighted by molar-refractivity contribution is 5.71. The maximum absolute atomic E-state index is 12.1. The van der Waals surface area contributed by atoms with Crippen molar-refractivity contribution in [3.63, 3.8) is 0 Å². The summed E-state index contributed by atoms with van der Waals surface area (Å²) in [5.41, 5.74) is 0. The Morgan fingerprint density at radius 2 is 1.09 bits per heavy atom. The van der Waals surface area contributed by atoms with E-state index in [1.165, 1.54) is 0 Å². The molecule has 0 aromatic carbocycles. The van der Waals surface area contributed by atoms with E-state index in [1.54, 1.807) is 36.5 Å². The van der Waals surface area contributed by atoms with Crippen LogP contribution in [0.2, 0.25) is 0 Å². The van der Waals surface area contributed by atoms with Crippen molar-refractivity contribution in [3.8, 4) is 0 Å². The molecule has 3 heterocycles. The summed E-state index contributed by atoms with van der Waals surface area (Å²) in [6, 6.07) is 0. The summed E-state index contributed by atoms with van der Waals surface area (Å²) in [5, 5.41) is 20.3. The van der Waals surface area contributed by atoms with Crippen LogP contribution in [-0.2, 0) is 28.5 Å². The molecule has 0 aromatic heterocycles. The number of fused-ring (bicyclic) bond motifs is 4. The molecular weight excluding hydrogens is 416 g/mol. The number of carbonyl (C=O) groups is 2. The summed E-state index contributed by atoms with van der Waals surface area (Å²) in [7, 11) is 0. The summed E-state index contributed by atoms with van der Waals surface area (Å²) in [6.07, 6.45) is 10.3. The molecule has 3 aliphatic heterocycles. The van der Waals surface area contributed by atoms with E-state index in [4.69, 9.17) is 18.9 Å². The van der Waals surface area contributed by atoms with E-state index >= 15 is 0 Å². The van der Waals surface area contributed by atoms with E-state index in [0.717, 1.165) is 0 Å². The highest BCUT2D eigenvalue weighted by Crippen LogP contribution is 2.22. The van der Waals surface area contributed by atoms with Crippen molar-refractivity contribution in [2.75, 3.05) is 13.2 Å². The maximum Gasteiger partial charge on any atom is 0.309 e. The Morgan fingerprint density at radius 3 is 1.50 bits per heavy atom. The third-order valence-electron chi connectivity index (χ3n) is 5.72. The summed E-state index contributed by atoms with van der Waals surface area (Å²) < 4.78 is 22.4. The number of carbonyl (C=O) groups excluding carboxylic acids is 2. The Kier molecular flexibility index (Phi) is 8.81. The van der Waals surface area contributed by atoms with Crippen molar-refractivity contribution in [1.29, 1.82) is 0 Å². The molecule has 0 saturated carbocycles. The molecule has 0 aliphatic carbocycles. The minimum absolute atomic E-state index is 0.0545. The number of rotatable bonds is 0. The summed E-state index contributed by atoms with van der Waals surface area (Å²) >= 11 is 0. The smallest absolute Gasteiger partial charge is 0.309 e. The lowest BCUT2D eigenvalue weighted by atomic mass is 9.98. The lowest BCUT2D eigenvalue weighted by Gasteiger charge is -2.32. The number of esters is 2. The quantitative estimate of drug-likeness (QED) is 0.425. The van der Waals surface area contributed by atoms with Crippen molar-refractivity contribution in [2.24, 2.45) is 11.8 Å². The molecule has 3 aliphatic rings. The first-order chi connectivity index (χ1) is 15.3. The molecule has 8 heteroatoms. The van der Waals surface area contributed by atoms with Crippen molar-refractivity contribution in [1.82, 2.24) is 0 Å². The van der Waals surface area contributed by atoms with Crippen LogP contribution in [0.5, 0.6) is 0 Å². The van der Waals surface area contributed by atoms with Gasteiger partial charge in [0, 0.05) is 11.8 Å². The van der Waals surface area contributed by atoms with Crippen LogP contribution in [0.3, 0.4) is 0 Å². The van der Waals surface area contributed by atoms with E-state index in [0.29, 0.717) is 0 Å². The van der Waals surface area contributed by atoms with Crippen molar-refractivity contribution in [3.05, 3.63) is 48.6 Å². The average molecular weight is 449 g/mol. The van der Waals surface area contributed by atoms with Crippen LogP contribution in [0.25, 0.3) is 0 Å². The van der Waals surface area contributed by atoms with Crippen LogP contribution in [0, 0.1) is 11.8 Å². The number of hydrogen-bond donors (Lipinski definition) is 2. The summed E-state index contributed by atoms with van der Waals surface area (Å²) in [4.78, 5) is 24.2. The fourth-order valence-electron chi connectivity index (χ4n) is 3.67. The minimum atomic E-state index is -0.864. The summed E-state index contributed by atoms with van der Waals surface area (Å²) in [6.45, 7) is 3.74.